The molecule has 1 aliphatic heterocycles. The summed E-state index contributed by atoms with van der Waals surface area (Å²) in [4.78, 5) is 32.4. The summed E-state index contributed by atoms with van der Waals surface area (Å²) in [6, 6.07) is 22.9. The molecule has 0 saturated carbocycles. The Morgan fingerprint density at radius 1 is 1.00 bits per heavy atom. The van der Waals surface area contributed by atoms with Crippen LogP contribution in [0.25, 0.3) is 0 Å². The van der Waals surface area contributed by atoms with E-state index >= 15 is 0 Å². The van der Waals surface area contributed by atoms with Crippen LogP contribution in [0, 0.1) is 18.4 Å². The van der Waals surface area contributed by atoms with Gasteiger partial charge in [-0.1, -0.05) is 54.6 Å². The average Bonchev–Trinajstić information content (AvgIpc) is 2.90. The number of carboxylic acid groups (broad SMARTS) is 1. The van der Waals surface area contributed by atoms with Crippen molar-refractivity contribution in [2.45, 2.75) is 13.0 Å². The van der Waals surface area contributed by atoms with E-state index in [0.29, 0.717) is 31.3 Å². The largest absolute Gasteiger partial charge is 0.478 e. The van der Waals surface area contributed by atoms with E-state index in [-0.39, 0.29) is 17.6 Å². The molecule has 1 fully saturated rings. The second-order valence-electron chi connectivity index (χ2n) is 8.36. The Balaban J connectivity index is 1.58. The van der Waals surface area contributed by atoms with E-state index < -0.39 is 5.97 Å². The molecule has 1 unspecified atom stereocenters. The molecule has 9 heteroatoms. The lowest BCUT2D eigenvalue weighted by Gasteiger charge is -2.42. The normalized spacial score (nSPS) is 15.7. The molecule has 3 aromatic carbocycles. The maximum absolute atomic E-state index is 13.3. The van der Waals surface area contributed by atoms with Gasteiger partial charge in [0.15, 0.2) is 0 Å². The number of aliphatic imine (C=N–C) groups is 1. The molecule has 182 valence electrons. The Morgan fingerprint density at radius 2 is 1.75 bits per heavy atom. The standard InChI is InChI=1S/C27H26N6O3/c1-19-8-5-6-13-23(19)31-26(29-18-28)32-14-15-33(24(17-32)20-9-3-2-4-10-20)27(36)30-22-12-7-11-21(16-22)25(34)35/h2-13,16,24H,14-15,17H2,1H3,(H,29,31)(H,30,36)(H,34,35). The second kappa shape index (κ2) is 11.1. The number of carbonyl (C=O) groups is 2. The van der Waals surface area contributed by atoms with Crippen molar-refractivity contribution in [1.29, 1.82) is 5.26 Å². The van der Waals surface area contributed by atoms with Gasteiger partial charge in [-0.05, 0) is 42.3 Å². The van der Waals surface area contributed by atoms with Crippen molar-refractivity contribution in [3.8, 4) is 6.19 Å². The molecule has 0 aliphatic carbocycles. The number of para-hydroxylation sites is 1. The minimum atomic E-state index is -1.06. The molecule has 3 aromatic rings. The number of amides is 2. The fourth-order valence-electron chi connectivity index (χ4n) is 4.16. The number of carbonyl (C=O) groups excluding carboxylic acids is 1. The molecule has 1 heterocycles. The Morgan fingerprint density at radius 3 is 2.47 bits per heavy atom. The van der Waals surface area contributed by atoms with Crippen LogP contribution in [0.15, 0.2) is 83.9 Å². The number of anilines is 2. The number of nitriles is 1. The number of piperazine rings is 1. The lowest BCUT2D eigenvalue weighted by atomic mass is 10.0. The van der Waals surface area contributed by atoms with Crippen molar-refractivity contribution < 1.29 is 14.7 Å². The summed E-state index contributed by atoms with van der Waals surface area (Å²) in [6.45, 7) is 3.20. The van der Waals surface area contributed by atoms with Crippen LogP contribution in [0.5, 0.6) is 0 Å². The van der Waals surface area contributed by atoms with Crippen LogP contribution in [0.1, 0.15) is 27.5 Å². The molecule has 1 aliphatic rings. The summed E-state index contributed by atoms with van der Waals surface area (Å²) in [5, 5.41) is 24.7. The lowest BCUT2D eigenvalue weighted by molar-refractivity contribution is 0.0697. The molecule has 4 rings (SSSR count). The topological polar surface area (TPSA) is 121 Å². The Hall–Kier alpha value is -4.84. The first-order chi connectivity index (χ1) is 17.5. The average molecular weight is 483 g/mol. The summed E-state index contributed by atoms with van der Waals surface area (Å²) in [6.07, 6.45) is 1.88. The van der Waals surface area contributed by atoms with E-state index in [2.05, 4.69) is 15.6 Å². The number of hydrogen-bond donors (Lipinski definition) is 3. The molecule has 2 amide bonds. The smallest absolute Gasteiger partial charge is 0.335 e. The van der Waals surface area contributed by atoms with Crippen LogP contribution in [0.3, 0.4) is 0 Å². The van der Waals surface area contributed by atoms with E-state index in [1.54, 1.807) is 17.0 Å². The molecule has 0 aromatic heterocycles. The first-order valence-electron chi connectivity index (χ1n) is 11.5. The third-order valence-electron chi connectivity index (χ3n) is 6.03. The van der Waals surface area contributed by atoms with E-state index in [0.717, 1.165) is 16.8 Å². The third kappa shape index (κ3) is 5.62. The van der Waals surface area contributed by atoms with Crippen molar-refractivity contribution in [2.75, 3.05) is 30.3 Å². The number of aromatic carboxylic acids is 1. The van der Waals surface area contributed by atoms with Crippen molar-refractivity contribution in [1.82, 2.24) is 9.80 Å². The van der Waals surface area contributed by atoms with Crippen LogP contribution in [-0.4, -0.2) is 52.5 Å². The van der Waals surface area contributed by atoms with E-state index in [1.807, 2.05) is 72.6 Å². The van der Waals surface area contributed by atoms with Crippen molar-refractivity contribution in [3.63, 3.8) is 0 Å². The summed E-state index contributed by atoms with van der Waals surface area (Å²) in [5.74, 6) is -0.644. The summed E-state index contributed by atoms with van der Waals surface area (Å²) < 4.78 is 0. The Bertz CT molecular complexity index is 1320. The van der Waals surface area contributed by atoms with Crippen molar-refractivity contribution in [3.05, 3.63) is 95.6 Å². The summed E-state index contributed by atoms with van der Waals surface area (Å²) in [7, 11) is 0. The van der Waals surface area contributed by atoms with Gasteiger partial charge in [-0.2, -0.15) is 5.26 Å². The quantitative estimate of drug-likeness (QED) is 0.285. The molecule has 9 nitrogen and oxygen atoms in total. The predicted molar refractivity (Wildman–Crippen MR) is 138 cm³/mol. The highest BCUT2D eigenvalue weighted by atomic mass is 16.4. The fourth-order valence-corrected chi connectivity index (χ4v) is 4.16. The number of hydrogen-bond acceptors (Lipinski definition) is 4. The number of urea groups is 1. The number of guanidine groups is 1. The number of nitrogens with one attached hydrogen (secondary N) is 2. The number of nitrogens with zero attached hydrogens (tertiary/aromatic N) is 4. The molecule has 36 heavy (non-hydrogen) atoms. The van der Waals surface area contributed by atoms with Crippen LogP contribution in [0.2, 0.25) is 0 Å². The van der Waals surface area contributed by atoms with Gasteiger partial charge in [-0.15, -0.1) is 4.99 Å². The van der Waals surface area contributed by atoms with Gasteiger partial charge in [0, 0.05) is 31.0 Å². The highest BCUT2D eigenvalue weighted by molar-refractivity contribution is 5.96. The van der Waals surface area contributed by atoms with Gasteiger partial charge in [0.1, 0.15) is 0 Å². The van der Waals surface area contributed by atoms with Gasteiger partial charge < -0.3 is 25.5 Å². The third-order valence-corrected chi connectivity index (χ3v) is 6.03. The first-order valence-corrected chi connectivity index (χ1v) is 11.5. The zero-order chi connectivity index (χ0) is 25.5. The molecule has 0 spiro atoms. The Kier molecular flexibility index (Phi) is 7.46. The SMILES string of the molecule is Cc1ccccc1N/C(=N/C#N)N1CCN(C(=O)Nc2cccc(C(=O)O)c2)C(c2ccccc2)C1. The van der Waals surface area contributed by atoms with E-state index in [4.69, 9.17) is 0 Å². The van der Waals surface area contributed by atoms with Gasteiger partial charge in [-0.3, -0.25) is 0 Å². The second-order valence-corrected chi connectivity index (χ2v) is 8.36. The number of benzene rings is 3. The minimum Gasteiger partial charge on any atom is -0.478 e. The van der Waals surface area contributed by atoms with E-state index in [9.17, 15) is 20.0 Å². The summed E-state index contributed by atoms with van der Waals surface area (Å²) in [5.41, 5.74) is 3.30. The molecular weight excluding hydrogens is 456 g/mol. The van der Waals surface area contributed by atoms with Crippen molar-refractivity contribution >= 4 is 29.3 Å². The molecule has 3 N–H and O–H groups in total. The molecule has 1 saturated heterocycles. The summed E-state index contributed by atoms with van der Waals surface area (Å²) >= 11 is 0. The van der Waals surface area contributed by atoms with Crippen LogP contribution >= 0.6 is 0 Å². The minimum absolute atomic E-state index is 0.0943. The number of aryl methyl sites for hydroxylation is 1. The zero-order valence-electron chi connectivity index (χ0n) is 19.8. The van der Waals surface area contributed by atoms with Crippen LogP contribution < -0.4 is 10.6 Å². The predicted octanol–water partition coefficient (Wildman–Crippen LogP) is 4.53. The number of rotatable bonds is 4. The maximum atomic E-state index is 13.3. The molecule has 1 atom stereocenters. The van der Waals surface area contributed by atoms with Crippen LogP contribution in [-0.2, 0) is 0 Å². The zero-order valence-corrected chi connectivity index (χ0v) is 19.8. The lowest BCUT2D eigenvalue weighted by Crippen LogP contribution is -2.54. The first kappa shape index (κ1) is 24.3. The number of carboxylic acids is 1. The van der Waals surface area contributed by atoms with Gasteiger partial charge in [0.2, 0.25) is 12.2 Å². The van der Waals surface area contributed by atoms with Crippen LogP contribution in [0.4, 0.5) is 16.2 Å². The highest BCUT2D eigenvalue weighted by Crippen LogP contribution is 2.27. The van der Waals surface area contributed by atoms with Gasteiger partial charge >= 0.3 is 12.0 Å². The van der Waals surface area contributed by atoms with Gasteiger partial charge in [0.25, 0.3) is 0 Å². The van der Waals surface area contributed by atoms with Gasteiger partial charge in [0.05, 0.1) is 11.6 Å². The van der Waals surface area contributed by atoms with E-state index in [1.165, 1.54) is 12.1 Å². The molecule has 0 radical (unpaired) electrons. The van der Waals surface area contributed by atoms with Gasteiger partial charge in [-0.25, -0.2) is 9.59 Å². The molecule has 0 bridgehead atoms. The molecular formula is C27H26N6O3. The maximum Gasteiger partial charge on any atom is 0.335 e. The highest BCUT2D eigenvalue weighted by Gasteiger charge is 2.33. The fraction of sp³-hybridized carbons (Fsp3) is 0.185. The Labute approximate surface area is 209 Å². The monoisotopic (exact) mass is 482 g/mol. The van der Waals surface area contributed by atoms with Crippen molar-refractivity contribution in [2.24, 2.45) is 4.99 Å².